The third-order valence-corrected chi connectivity index (χ3v) is 5.09. The highest BCUT2D eigenvalue weighted by Gasteiger charge is 2.13. The summed E-state index contributed by atoms with van der Waals surface area (Å²) in [4.78, 5) is 25.1. The number of amides is 1. The van der Waals surface area contributed by atoms with E-state index in [1.54, 1.807) is 54.6 Å². The summed E-state index contributed by atoms with van der Waals surface area (Å²) in [6.07, 6.45) is 1.45. The molecular weight excluding hydrogens is 436 g/mol. The number of carbonyl (C=O) groups is 2. The van der Waals surface area contributed by atoms with Crippen LogP contribution in [0.15, 0.2) is 96.6 Å². The summed E-state index contributed by atoms with van der Waals surface area (Å²) >= 11 is 5.92. The minimum Gasteiger partial charge on any atom is -0.423 e. The largest absolute Gasteiger partial charge is 0.423 e. The van der Waals surface area contributed by atoms with Gasteiger partial charge in [-0.3, -0.25) is 4.79 Å². The van der Waals surface area contributed by atoms with Gasteiger partial charge in [0, 0.05) is 10.7 Å². The summed E-state index contributed by atoms with van der Waals surface area (Å²) in [5.74, 6) is -0.660. The van der Waals surface area contributed by atoms with Crippen LogP contribution in [0.4, 0.5) is 5.69 Å². The maximum atomic E-state index is 12.7. The molecule has 0 saturated carbocycles. The van der Waals surface area contributed by atoms with Crippen molar-refractivity contribution in [2.24, 2.45) is 0 Å². The summed E-state index contributed by atoms with van der Waals surface area (Å²) in [6.45, 7) is 0. The van der Waals surface area contributed by atoms with Gasteiger partial charge in [-0.2, -0.15) is 5.26 Å². The molecule has 0 bridgehead atoms. The van der Waals surface area contributed by atoms with Crippen LogP contribution in [0.3, 0.4) is 0 Å². The van der Waals surface area contributed by atoms with Crippen molar-refractivity contribution in [3.8, 4) is 11.8 Å². The number of carbonyl (C=O) groups excluding carboxylic acids is 2. The van der Waals surface area contributed by atoms with Gasteiger partial charge in [0.2, 0.25) is 0 Å². The SMILES string of the molecule is N#C/C(=C\c1ccc(OC(=O)c2cccc3ccccc23)cc1)C(=O)Nc1cccc(Cl)c1. The predicted molar refractivity (Wildman–Crippen MR) is 129 cm³/mol. The molecule has 0 fully saturated rings. The van der Waals surface area contributed by atoms with Crippen LogP contribution in [0.1, 0.15) is 15.9 Å². The molecule has 160 valence electrons. The molecule has 5 nitrogen and oxygen atoms in total. The number of rotatable bonds is 5. The van der Waals surface area contributed by atoms with Gasteiger partial charge < -0.3 is 10.1 Å². The lowest BCUT2D eigenvalue weighted by molar-refractivity contribution is -0.112. The molecule has 0 radical (unpaired) electrons. The van der Waals surface area contributed by atoms with Gasteiger partial charge in [0.05, 0.1) is 5.56 Å². The summed E-state index contributed by atoms with van der Waals surface area (Å²) in [5, 5.41) is 14.3. The number of esters is 1. The van der Waals surface area contributed by atoms with Crippen LogP contribution in [0.25, 0.3) is 16.8 Å². The van der Waals surface area contributed by atoms with Crippen molar-refractivity contribution in [2.45, 2.75) is 0 Å². The van der Waals surface area contributed by atoms with Crippen molar-refractivity contribution >= 4 is 46.0 Å². The second kappa shape index (κ2) is 9.82. The summed E-state index contributed by atoms with van der Waals surface area (Å²) < 4.78 is 5.52. The molecule has 0 heterocycles. The fraction of sp³-hybridized carbons (Fsp3) is 0. The number of fused-ring (bicyclic) bond motifs is 1. The zero-order valence-corrected chi connectivity index (χ0v) is 18.0. The van der Waals surface area contributed by atoms with Crippen LogP contribution in [0.5, 0.6) is 5.75 Å². The molecule has 6 heteroatoms. The van der Waals surface area contributed by atoms with Gasteiger partial charge in [0.15, 0.2) is 0 Å². The van der Waals surface area contributed by atoms with E-state index < -0.39 is 11.9 Å². The average Bonchev–Trinajstić information content (AvgIpc) is 2.83. The van der Waals surface area contributed by atoms with Gasteiger partial charge >= 0.3 is 5.97 Å². The lowest BCUT2D eigenvalue weighted by atomic mass is 10.0. The Bertz CT molecular complexity index is 1410. The molecule has 0 atom stereocenters. The van der Waals surface area contributed by atoms with Crippen molar-refractivity contribution in [1.29, 1.82) is 5.26 Å². The van der Waals surface area contributed by atoms with Gasteiger partial charge in [0.25, 0.3) is 5.91 Å². The standard InChI is InChI=1S/C27H17ClN2O3/c28-21-7-4-8-22(16-21)30-26(31)20(17-29)15-18-11-13-23(14-12-18)33-27(32)25-10-3-6-19-5-1-2-9-24(19)25/h1-16H,(H,30,31)/b20-15+. The zero-order valence-electron chi connectivity index (χ0n) is 17.3. The molecular formula is C27H17ClN2O3. The van der Waals surface area contributed by atoms with Crippen molar-refractivity contribution in [3.05, 3.63) is 113 Å². The quantitative estimate of drug-likeness (QED) is 0.168. The Morgan fingerprint density at radius 1 is 0.909 bits per heavy atom. The second-order valence-corrected chi connectivity index (χ2v) is 7.56. The highest BCUT2D eigenvalue weighted by Crippen LogP contribution is 2.22. The Morgan fingerprint density at radius 3 is 2.39 bits per heavy atom. The number of hydrogen-bond donors (Lipinski definition) is 1. The molecule has 0 aliphatic rings. The molecule has 0 aliphatic heterocycles. The molecule has 4 aromatic rings. The molecule has 33 heavy (non-hydrogen) atoms. The van der Waals surface area contributed by atoms with E-state index in [0.29, 0.717) is 27.6 Å². The maximum Gasteiger partial charge on any atom is 0.344 e. The van der Waals surface area contributed by atoms with Crippen molar-refractivity contribution < 1.29 is 14.3 Å². The van der Waals surface area contributed by atoms with Crippen LogP contribution in [-0.2, 0) is 4.79 Å². The minimum absolute atomic E-state index is 0.0736. The summed E-state index contributed by atoms with van der Waals surface area (Å²) in [7, 11) is 0. The predicted octanol–water partition coefficient (Wildman–Crippen LogP) is 6.26. The van der Waals surface area contributed by atoms with E-state index >= 15 is 0 Å². The first-order chi connectivity index (χ1) is 16.0. The van der Waals surface area contributed by atoms with Crippen molar-refractivity contribution in [2.75, 3.05) is 5.32 Å². The van der Waals surface area contributed by atoms with Crippen LogP contribution in [0.2, 0.25) is 5.02 Å². The first kappa shape index (κ1) is 21.8. The van der Waals surface area contributed by atoms with Gasteiger partial charge in [-0.25, -0.2) is 4.79 Å². The molecule has 0 spiro atoms. The van der Waals surface area contributed by atoms with E-state index in [-0.39, 0.29) is 5.57 Å². The van der Waals surface area contributed by atoms with E-state index in [1.165, 1.54) is 6.08 Å². The van der Waals surface area contributed by atoms with E-state index in [9.17, 15) is 14.9 Å². The summed E-state index contributed by atoms with van der Waals surface area (Å²) in [5.41, 5.74) is 1.50. The number of nitrogens with one attached hydrogen (secondary N) is 1. The normalized spacial score (nSPS) is 11.0. The Morgan fingerprint density at radius 2 is 1.64 bits per heavy atom. The summed E-state index contributed by atoms with van der Waals surface area (Å²) in [6, 6.07) is 28.2. The topological polar surface area (TPSA) is 79.2 Å². The van der Waals surface area contributed by atoms with Gasteiger partial charge in [0.1, 0.15) is 17.4 Å². The molecule has 1 amide bonds. The molecule has 4 rings (SSSR count). The smallest absolute Gasteiger partial charge is 0.344 e. The average molecular weight is 453 g/mol. The third-order valence-electron chi connectivity index (χ3n) is 4.86. The van der Waals surface area contributed by atoms with E-state index in [2.05, 4.69) is 5.32 Å². The third kappa shape index (κ3) is 5.27. The number of nitriles is 1. The Labute approximate surface area is 195 Å². The Balaban J connectivity index is 1.48. The van der Waals surface area contributed by atoms with Crippen LogP contribution >= 0.6 is 11.6 Å². The van der Waals surface area contributed by atoms with E-state index in [4.69, 9.17) is 16.3 Å². The number of hydrogen-bond acceptors (Lipinski definition) is 4. The first-order valence-corrected chi connectivity index (χ1v) is 10.4. The molecule has 0 saturated heterocycles. The van der Waals surface area contributed by atoms with E-state index in [1.807, 2.05) is 42.5 Å². The van der Waals surface area contributed by atoms with Crippen molar-refractivity contribution in [3.63, 3.8) is 0 Å². The molecule has 0 aliphatic carbocycles. The zero-order chi connectivity index (χ0) is 23.2. The number of ether oxygens (including phenoxy) is 1. The number of nitrogens with zero attached hydrogens (tertiary/aromatic N) is 1. The van der Waals surface area contributed by atoms with Crippen LogP contribution < -0.4 is 10.1 Å². The molecule has 0 aromatic heterocycles. The Kier molecular flexibility index (Phi) is 6.49. The van der Waals surface area contributed by atoms with Gasteiger partial charge in [-0.15, -0.1) is 0 Å². The highest BCUT2D eigenvalue weighted by molar-refractivity contribution is 6.31. The number of halogens is 1. The monoisotopic (exact) mass is 452 g/mol. The van der Waals surface area contributed by atoms with Gasteiger partial charge in [-0.1, -0.05) is 66.2 Å². The first-order valence-electron chi connectivity index (χ1n) is 10.0. The number of anilines is 1. The Hall–Kier alpha value is -4.40. The van der Waals surface area contributed by atoms with Crippen LogP contribution in [-0.4, -0.2) is 11.9 Å². The maximum absolute atomic E-state index is 12.7. The number of benzene rings is 4. The second-order valence-electron chi connectivity index (χ2n) is 7.12. The van der Waals surface area contributed by atoms with Crippen molar-refractivity contribution in [1.82, 2.24) is 0 Å². The van der Waals surface area contributed by atoms with Gasteiger partial charge in [-0.05, 0) is 58.8 Å². The lowest BCUT2D eigenvalue weighted by Gasteiger charge is -2.08. The molecule has 4 aromatic carbocycles. The fourth-order valence-corrected chi connectivity index (χ4v) is 3.47. The lowest BCUT2D eigenvalue weighted by Crippen LogP contribution is -2.13. The fourth-order valence-electron chi connectivity index (χ4n) is 3.28. The van der Waals surface area contributed by atoms with E-state index in [0.717, 1.165) is 10.8 Å². The molecule has 0 unspecified atom stereocenters. The molecule has 1 N–H and O–H groups in total. The highest BCUT2D eigenvalue weighted by atomic mass is 35.5. The van der Waals surface area contributed by atoms with Crippen LogP contribution in [0, 0.1) is 11.3 Å². The minimum atomic E-state index is -0.550.